The monoisotopic (exact) mass is 353 g/mol. The molecule has 0 saturated carbocycles. The first kappa shape index (κ1) is 15.5. The molecule has 0 radical (unpaired) electrons. The highest BCUT2D eigenvalue weighted by atomic mass is 32.1. The number of carbonyl (C=O) groups is 1. The fraction of sp³-hybridized carbons (Fsp3) is 0.176. The Balaban J connectivity index is 1.68. The van der Waals surface area contributed by atoms with Gasteiger partial charge in [0.2, 0.25) is 0 Å². The van der Waals surface area contributed by atoms with Gasteiger partial charge in [0.15, 0.2) is 0 Å². The summed E-state index contributed by atoms with van der Waals surface area (Å²) in [4.78, 5) is 20.7. The van der Waals surface area contributed by atoms with E-state index in [4.69, 9.17) is 0 Å². The van der Waals surface area contributed by atoms with Crippen molar-refractivity contribution < 1.29 is 9.90 Å². The lowest BCUT2D eigenvalue weighted by Gasteiger charge is -2.23. The van der Waals surface area contributed by atoms with Crippen LogP contribution in [0.25, 0.3) is 5.57 Å². The normalized spacial score (nSPS) is 18.6. The van der Waals surface area contributed by atoms with Crippen molar-refractivity contribution in [2.24, 2.45) is 5.10 Å². The van der Waals surface area contributed by atoms with Crippen LogP contribution in [0, 0.1) is 6.92 Å². The van der Waals surface area contributed by atoms with Gasteiger partial charge in [0.25, 0.3) is 5.91 Å². The maximum absolute atomic E-state index is 12.5. The molecule has 1 aliphatic heterocycles. The molecule has 4 rings (SSSR count). The van der Waals surface area contributed by atoms with Crippen LogP contribution in [0.5, 0.6) is 5.75 Å². The predicted molar refractivity (Wildman–Crippen MR) is 95.3 cm³/mol. The number of nitrogens with zero attached hydrogens (tertiary/aromatic N) is 3. The Hall–Kier alpha value is -3.00. The van der Waals surface area contributed by atoms with Crippen LogP contribution in [0.4, 0.5) is 0 Å². The van der Waals surface area contributed by atoms with E-state index < -0.39 is 0 Å². The smallest absolute Gasteiger partial charge is 0.275 e. The van der Waals surface area contributed by atoms with Crippen LogP contribution in [0.1, 0.15) is 27.5 Å². The van der Waals surface area contributed by atoms with E-state index in [1.54, 1.807) is 23.9 Å². The van der Waals surface area contributed by atoms with Crippen LogP contribution in [0.15, 0.2) is 46.3 Å². The van der Waals surface area contributed by atoms with Crippen LogP contribution in [0.3, 0.4) is 0 Å². The molecule has 0 aromatic carbocycles. The van der Waals surface area contributed by atoms with Crippen molar-refractivity contribution >= 4 is 29.0 Å². The number of hydrogen-bond donors (Lipinski definition) is 3. The molecular formula is C17H15N5O2S. The molecule has 7 nitrogen and oxygen atoms in total. The third-order valence-electron chi connectivity index (χ3n) is 4.06. The molecule has 1 aliphatic carbocycles. The first-order chi connectivity index (χ1) is 12.1. The van der Waals surface area contributed by atoms with Gasteiger partial charge >= 0.3 is 0 Å². The molecule has 0 spiro atoms. The largest absolute Gasteiger partial charge is 0.506 e. The summed E-state index contributed by atoms with van der Waals surface area (Å²) in [5, 5.41) is 19.3. The van der Waals surface area contributed by atoms with Crippen LogP contribution >= 0.6 is 11.3 Å². The minimum Gasteiger partial charge on any atom is -0.506 e. The number of carbonyl (C=O) groups excluding carboxylic acids is 1. The number of fused-ring (bicyclic) bond motifs is 1. The van der Waals surface area contributed by atoms with Gasteiger partial charge in [-0.1, -0.05) is 0 Å². The van der Waals surface area contributed by atoms with E-state index in [0.29, 0.717) is 17.8 Å². The molecule has 25 heavy (non-hydrogen) atoms. The number of pyridine rings is 1. The molecule has 0 bridgehead atoms. The molecule has 2 aromatic heterocycles. The SMILES string of the molecule is Cc1nc(C(=O)NC2=C3C=NNC3CC(c3cncc(O)c3)=C2)cs1. The number of hydrogen-bond acceptors (Lipinski definition) is 7. The molecule has 3 heterocycles. The zero-order valence-corrected chi connectivity index (χ0v) is 14.2. The number of thiazole rings is 1. The summed E-state index contributed by atoms with van der Waals surface area (Å²) in [6, 6.07) is 1.64. The fourth-order valence-electron chi connectivity index (χ4n) is 2.87. The van der Waals surface area contributed by atoms with Crippen LogP contribution in [0.2, 0.25) is 0 Å². The average Bonchev–Trinajstić information content (AvgIpc) is 3.23. The number of allylic oxidation sites excluding steroid dienone is 1. The summed E-state index contributed by atoms with van der Waals surface area (Å²) < 4.78 is 0. The highest BCUT2D eigenvalue weighted by Gasteiger charge is 2.28. The van der Waals surface area contributed by atoms with E-state index in [2.05, 4.69) is 25.8 Å². The first-order valence-corrected chi connectivity index (χ1v) is 8.59. The minimum absolute atomic E-state index is 0.0187. The van der Waals surface area contributed by atoms with Gasteiger partial charge in [0, 0.05) is 22.8 Å². The second-order valence-electron chi connectivity index (χ2n) is 5.82. The van der Waals surface area contributed by atoms with Crippen molar-refractivity contribution in [1.82, 2.24) is 20.7 Å². The van der Waals surface area contributed by atoms with Gasteiger partial charge in [-0.15, -0.1) is 11.3 Å². The van der Waals surface area contributed by atoms with E-state index in [9.17, 15) is 9.90 Å². The molecule has 0 saturated heterocycles. The lowest BCUT2D eigenvalue weighted by Crippen LogP contribution is -2.31. The second kappa shape index (κ2) is 6.14. The number of aromatic hydroxyl groups is 1. The first-order valence-electron chi connectivity index (χ1n) is 7.71. The van der Waals surface area contributed by atoms with Gasteiger partial charge in [0.1, 0.15) is 11.4 Å². The number of hydrazone groups is 1. The highest BCUT2D eigenvalue weighted by Crippen LogP contribution is 2.32. The standard InChI is InChI=1S/C17H15N5O2S/c1-9-20-16(8-25-9)17(24)21-14-3-10(4-15-13(14)7-19-22-15)11-2-12(23)6-18-5-11/h2-3,5-8,15,22-23H,4H2,1H3,(H,21,24). The third kappa shape index (κ3) is 3.03. The number of rotatable bonds is 3. The second-order valence-corrected chi connectivity index (χ2v) is 6.88. The summed E-state index contributed by atoms with van der Waals surface area (Å²) in [6.07, 6.45) is 7.39. The Morgan fingerprint density at radius 2 is 2.32 bits per heavy atom. The lowest BCUT2D eigenvalue weighted by molar-refractivity contribution is 0.0962. The van der Waals surface area contributed by atoms with Gasteiger partial charge in [-0.05, 0) is 36.6 Å². The summed E-state index contributed by atoms with van der Waals surface area (Å²) in [7, 11) is 0. The Kier molecular flexibility index (Phi) is 3.81. The van der Waals surface area contributed by atoms with Crippen LogP contribution < -0.4 is 10.7 Å². The van der Waals surface area contributed by atoms with Gasteiger partial charge in [-0.3, -0.25) is 9.78 Å². The van der Waals surface area contributed by atoms with Crippen molar-refractivity contribution in [2.75, 3.05) is 0 Å². The highest BCUT2D eigenvalue weighted by molar-refractivity contribution is 7.09. The molecule has 1 unspecified atom stereocenters. The molecular weight excluding hydrogens is 338 g/mol. The third-order valence-corrected chi connectivity index (χ3v) is 4.83. The van der Waals surface area contributed by atoms with Crippen molar-refractivity contribution in [3.8, 4) is 5.75 Å². The van der Waals surface area contributed by atoms with Crippen molar-refractivity contribution in [1.29, 1.82) is 0 Å². The average molecular weight is 353 g/mol. The van der Waals surface area contributed by atoms with Crippen molar-refractivity contribution in [3.63, 3.8) is 0 Å². The summed E-state index contributed by atoms with van der Waals surface area (Å²) in [5.74, 6) is -0.148. The van der Waals surface area contributed by atoms with Gasteiger partial charge in [-0.25, -0.2) is 4.98 Å². The zero-order valence-electron chi connectivity index (χ0n) is 13.4. The maximum Gasteiger partial charge on any atom is 0.275 e. The molecule has 0 fully saturated rings. The quantitative estimate of drug-likeness (QED) is 0.783. The zero-order chi connectivity index (χ0) is 17.4. The molecule has 3 N–H and O–H groups in total. The Morgan fingerprint density at radius 3 is 3.08 bits per heavy atom. The van der Waals surface area contributed by atoms with E-state index in [1.165, 1.54) is 17.5 Å². The topological polar surface area (TPSA) is 99.5 Å². The van der Waals surface area contributed by atoms with Crippen LogP contribution in [-0.4, -0.2) is 33.2 Å². The molecule has 1 amide bonds. The maximum atomic E-state index is 12.5. The van der Waals surface area contributed by atoms with Crippen molar-refractivity contribution in [3.05, 3.63) is 57.5 Å². The van der Waals surface area contributed by atoms with Crippen LogP contribution in [-0.2, 0) is 0 Å². The molecule has 1 atom stereocenters. The summed E-state index contributed by atoms with van der Waals surface area (Å²) >= 11 is 1.44. The Bertz CT molecular complexity index is 944. The Morgan fingerprint density at radius 1 is 1.44 bits per heavy atom. The van der Waals surface area contributed by atoms with E-state index in [-0.39, 0.29) is 17.7 Å². The number of nitrogens with one attached hydrogen (secondary N) is 2. The summed E-state index contributed by atoms with van der Waals surface area (Å²) in [6.45, 7) is 1.86. The van der Waals surface area contributed by atoms with E-state index in [1.807, 2.05) is 13.0 Å². The number of aromatic nitrogens is 2. The Labute approximate surface area is 147 Å². The molecule has 2 aromatic rings. The summed E-state index contributed by atoms with van der Waals surface area (Å²) in [5.41, 5.74) is 6.82. The van der Waals surface area contributed by atoms with Gasteiger partial charge in [-0.2, -0.15) is 5.10 Å². The van der Waals surface area contributed by atoms with E-state index in [0.717, 1.165) is 21.7 Å². The molecule has 126 valence electrons. The minimum atomic E-state index is -0.252. The molecule has 8 heteroatoms. The fourth-order valence-corrected chi connectivity index (χ4v) is 3.47. The van der Waals surface area contributed by atoms with Crippen molar-refractivity contribution in [2.45, 2.75) is 19.4 Å². The van der Waals surface area contributed by atoms with Gasteiger partial charge in [0.05, 0.1) is 23.5 Å². The number of amides is 1. The predicted octanol–water partition coefficient (Wildman–Crippen LogP) is 1.98. The lowest BCUT2D eigenvalue weighted by atomic mass is 9.89. The molecule has 2 aliphatic rings. The van der Waals surface area contributed by atoms with E-state index >= 15 is 0 Å². The number of aryl methyl sites for hydroxylation is 1. The van der Waals surface area contributed by atoms with Gasteiger partial charge < -0.3 is 15.8 Å².